The van der Waals surface area contributed by atoms with Crippen molar-refractivity contribution >= 4 is 21.9 Å². The molecule has 0 radical (unpaired) electrons. The van der Waals surface area contributed by atoms with Crippen molar-refractivity contribution in [3.63, 3.8) is 0 Å². The number of likely N-dealkylation sites (N-methyl/N-ethyl adjacent to an activating group) is 1. The fourth-order valence-corrected chi connectivity index (χ4v) is 4.32. The van der Waals surface area contributed by atoms with Crippen molar-refractivity contribution in [2.45, 2.75) is 23.8 Å². The van der Waals surface area contributed by atoms with Gasteiger partial charge in [-0.3, -0.25) is 4.18 Å². The predicted octanol–water partition coefficient (Wildman–Crippen LogP) is 3.73. The first-order valence-electron chi connectivity index (χ1n) is 9.28. The van der Waals surface area contributed by atoms with Crippen molar-refractivity contribution in [3.8, 4) is 5.75 Å². The molecule has 1 unspecified atom stereocenters. The van der Waals surface area contributed by atoms with E-state index in [1.54, 1.807) is 11.8 Å². The van der Waals surface area contributed by atoms with Crippen LogP contribution in [0.5, 0.6) is 5.75 Å². The van der Waals surface area contributed by atoms with Crippen molar-refractivity contribution in [2.75, 3.05) is 39.3 Å². The van der Waals surface area contributed by atoms with Crippen LogP contribution in [-0.2, 0) is 20.8 Å². The van der Waals surface area contributed by atoms with E-state index in [4.69, 9.17) is 8.92 Å². The van der Waals surface area contributed by atoms with Crippen LogP contribution in [0.25, 0.3) is 0 Å². The minimum Gasteiger partial charge on any atom is -0.493 e. The second-order valence-electron chi connectivity index (χ2n) is 7.11. The Kier molecular flexibility index (Phi) is 7.04. The van der Waals surface area contributed by atoms with E-state index < -0.39 is 10.1 Å². The highest BCUT2D eigenvalue weighted by molar-refractivity contribution is 7.98. The molecule has 0 spiro atoms. The van der Waals surface area contributed by atoms with E-state index in [0.29, 0.717) is 18.9 Å². The lowest BCUT2D eigenvalue weighted by Crippen LogP contribution is -2.31. The summed E-state index contributed by atoms with van der Waals surface area (Å²) in [5.74, 6) is 1.16. The highest BCUT2D eigenvalue weighted by Gasteiger charge is 2.25. The molecule has 0 amide bonds. The zero-order valence-electron chi connectivity index (χ0n) is 16.6. The van der Waals surface area contributed by atoms with E-state index in [2.05, 4.69) is 54.6 Å². The Morgan fingerprint density at radius 2 is 1.89 bits per heavy atom. The molecule has 152 valence electrons. The van der Waals surface area contributed by atoms with Crippen LogP contribution >= 0.6 is 11.8 Å². The molecule has 0 aliphatic carbocycles. The monoisotopic (exact) mass is 421 g/mol. The van der Waals surface area contributed by atoms with E-state index in [-0.39, 0.29) is 6.61 Å². The lowest BCUT2D eigenvalue weighted by molar-refractivity contribution is 0.250. The van der Waals surface area contributed by atoms with E-state index in [9.17, 15) is 8.42 Å². The lowest BCUT2D eigenvalue weighted by atomic mass is 9.85. The number of fused-ring (bicyclic) bond motifs is 1. The van der Waals surface area contributed by atoms with Gasteiger partial charge in [0.05, 0.1) is 19.5 Å². The molecule has 1 heterocycles. The van der Waals surface area contributed by atoms with Crippen LogP contribution < -0.4 is 4.74 Å². The minimum atomic E-state index is -3.39. The molecule has 3 rings (SSSR count). The first kappa shape index (κ1) is 21.2. The topological polar surface area (TPSA) is 55.8 Å². The Balaban J connectivity index is 1.68. The van der Waals surface area contributed by atoms with E-state index in [1.165, 1.54) is 21.6 Å². The first-order chi connectivity index (χ1) is 13.4. The molecule has 2 aromatic carbocycles. The van der Waals surface area contributed by atoms with Gasteiger partial charge in [0.15, 0.2) is 0 Å². The van der Waals surface area contributed by atoms with Crippen molar-refractivity contribution in [1.82, 2.24) is 4.90 Å². The van der Waals surface area contributed by atoms with Crippen molar-refractivity contribution < 1.29 is 17.3 Å². The summed E-state index contributed by atoms with van der Waals surface area (Å²) in [7, 11) is -1.25. The molecule has 0 saturated carbocycles. The summed E-state index contributed by atoms with van der Waals surface area (Å²) in [4.78, 5) is 3.61. The van der Waals surface area contributed by atoms with Gasteiger partial charge in [0.2, 0.25) is 0 Å². The number of thioether (sulfide) groups is 1. The van der Waals surface area contributed by atoms with Crippen LogP contribution in [0, 0.1) is 0 Å². The zero-order chi connectivity index (χ0) is 20.1. The maximum Gasteiger partial charge on any atom is 0.264 e. The van der Waals surface area contributed by atoms with Gasteiger partial charge in [-0.25, -0.2) is 0 Å². The van der Waals surface area contributed by atoms with Gasteiger partial charge in [-0.15, -0.1) is 11.8 Å². The van der Waals surface area contributed by atoms with Gasteiger partial charge in [-0.2, -0.15) is 8.42 Å². The van der Waals surface area contributed by atoms with Gasteiger partial charge in [0.1, 0.15) is 5.75 Å². The third kappa shape index (κ3) is 5.73. The van der Waals surface area contributed by atoms with Crippen LogP contribution in [0.15, 0.2) is 47.4 Å². The maximum atomic E-state index is 11.0. The molecule has 28 heavy (non-hydrogen) atoms. The second-order valence-corrected chi connectivity index (χ2v) is 9.63. The van der Waals surface area contributed by atoms with Crippen LogP contribution in [-0.4, -0.2) is 52.6 Å². The number of rotatable bonds is 8. The average molecular weight is 422 g/mol. The molecule has 1 atom stereocenters. The average Bonchev–Trinajstić information content (AvgIpc) is 2.66. The summed E-state index contributed by atoms with van der Waals surface area (Å²) in [5, 5.41) is 0. The van der Waals surface area contributed by atoms with Gasteiger partial charge in [-0.1, -0.05) is 18.2 Å². The maximum absolute atomic E-state index is 11.0. The molecule has 0 fully saturated rings. The van der Waals surface area contributed by atoms with Gasteiger partial charge < -0.3 is 9.64 Å². The summed E-state index contributed by atoms with van der Waals surface area (Å²) >= 11 is 1.76. The number of hydrogen-bond acceptors (Lipinski definition) is 6. The fraction of sp³-hybridized carbons (Fsp3) is 0.429. The van der Waals surface area contributed by atoms with Gasteiger partial charge in [0.25, 0.3) is 10.1 Å². The summed E-state index contributed by atoms with van der Waals surface area (Å²) in [6.07, 6.45) is 3.67. The molecule has 5 nitrogen and oxygen atoms in total. The highest BCUT2D eigenvalue weighted by Crippen LogP contribution is 2.35. The molecular weight excluding hydrogens is 394 g/mol. The Morgan fingerprint density at radius 3 is 2.57 bits per heavy atom. The summed E-state index contributed by atoms with van der Waals surface area (Å²) < 4.78 is 32.5. The Bertz CT molecular complexity index is 897. The number of ether oxygens (including phenoxy) is 1. The quantitative estimate of drug-likeness (QED) is 0.368. The van der Waals surface area contributed by atoms with E-state index in [1.807, 2.05) is 6.07 Å². The number of nitrogens with zero attached hydrogens (tertiary/aromatic N) is 1. The van der Waals surface area contributed by atoms with Crippen LogP contribution in [0.1, 0.15) is 29.0 Å². The number of benzene rings is 2. The van der Waals surface area contributed by atoms with Crippen molar-refractivity contribution in [1.29, 1.82) is 0 Å². The molecular formula is C21H27NO4S2. The Labute approximate surface area is 172 Å². The van der Waals surface area contributed by atoms with Crippen LogP contribution in [0.4, 0.5) is 0 Å². The molecule has 1 aliphatic heterocycles. The zero-order valence-corrected chi connectivity index (χ0v) is 18.2. The Hall–Kier alpha value is -1.54. The van der Waals surface area contributed by atoms with Gasteiger partial charge >= 0.3 is 0 Å². The highest BCUT2D eigenvalue weighted by atomic mass is 32.2. The van der Waals surface area contributed by atoms with Crippen molar-refractivity contribution in [2.24, 2.45) is 0 Å². The van der Waals surface area contributed by atoms with Gasteiger partial charge in [-0.05, 0) is 54.3 Å². The molecule has 0 saturated heterocycles. The fourth-order valence-electron chi connectivity index (χ4n) is 3.49. The standard InChI is InChI=1S/C21H27NO4S2/c1-22-14-17-13-18(25-11-4-12-26-28(3,23)24)7-10-20(17)21(15-22)16-5-8-19(27-2)9-6-16/h5-10,13,21H,4,11-12,14-15H2,1-3H3. The summed E-state index contributed by atoms with van der Waals surface area (Å²) in [6.45, 7) is 2.45. The molecule has 7 heteroatoms. The summed E-state index contributed by atoms with van der Waals surface area (Å²) in [5.41, 5.74) is 3.96. The van der Waals surface area contributed by atoms with Crippen LogP contribution in [0.2, 0.25) is 0 Å². The number of hydrogen-bond donors (Lipinski definition) is 0. The third-order valence-corrected chi connectivity index (χ3v) is 6.14. The smallest absolute Gasteiger partial charge is 0.264 e. The third-order valence-electron chi connectivity index (χ3n) is 4.80. The van der Waals surface area contributed by atoms with Crippen molar-refractivity contribution in [3.05, 3.63) is 59.2 Å². The lowest BCUT2D eigenvalue weighted by Gasteiger charge is -2.33. The Morgan fingerprint density at radius 1 is 1.14 bits per heavy atom. The molecule has 2 aromatic rings. The van der Waals surface area contributed by atoms with Gasteiger partial charge in [0, 0.05) is 30.3 Å². The van der Waals surface area contributed by atoms with Crippen LogP contribution in [0.3, 0.4) is 0 Å². The molecule has 1 aliphatic rings. The largest absolute Gasteiger partial charge is 0.493 e. The van der Waals surface area contributed by atoms with E-state index >= 15 is 0 Å². The second kappa shape index (κ2) is 9.31. The first-order valence-corrected chi connectivity index (χ1v) is 12.3. The molecule has 0 N–H and O–H groups in total. The van der Waals surface area contributed by atoms with E-state index in [0.717, 1.165) is 25.1 Å². The SMILES string of the molecule is CSc1ccc(C2CN(C)Cc3cc(OCCCOS(C)(=O)=O)ccc32)cc1. The molecule has 0 bridgehead atoms. The normalized spacial score (nSPS) is 17.3. The minimum absolute atomic E-state index is 0.140. The summed E-state index contributed by atoms with van der Waals surface area (Å²) in [6, 6.07) is 15.1. The molecule has 0 aromatic heterocycles. The predicted molar refractivity (Wildman–Crippen MR) is 114 cm³/mol.